The van der Waals surface area contributed by atoms with Crippen LogP contribution in [0.25, 0.3) is 16.6 Å². The molecular weight excluding hydrogens is 561 g/mol. The van der Waals surface area contributed by atoms with E-state index in [0.29, 0.717) is 18.4 Å². The van der Waals surface area contributed by atoms with E-state index in [0.717, 1.165) is 40.7 Å². The van der Waals surface area contributed by atoms with Gasteiger partial charge in [0, 0.05) is 12.1 Å². The lowest BCUT2D eigenvalue weighted by atomic mass is 9.93. The number of carbonyl (C=O) groups excluding carboxylic acids is 1. The summed E-state index contributed by atoms with van der Waals surface area (Å²) >= 11 is 0. The van der Waals surface area contributed by atoms with Gasteiger partial charge in [-0.05, 0) is 79.2 Å². The average molecular weight is 602 g/mol. The molecule has 5 atom stereocenters. The van der Waals surface area contributed by atoms with Crippen molar-refractivity contribution >= 4 is 25.2 Å². The smallest absolute Gasteiger partial charge is 0.279 e. The molecule has 1 saturated heterocycles. The van der Waals surface area contributed by atoms with Gasteiger partial charge < -0.3 is 18.9 Å². The number of ether oxygens (including phenoxy) is 1. The van der Waals surface area contributed by atoms with Gasteiger partial charge in [0.15, 0.2) is 0 Å². The molecule has 4 aromatic rings. The number of hydrogen-bond donors (Lipinski definition) is 2. The number of H-pyrrole nitrogens is 1. The number of halogens is 1. The van der Waals surface area contributed by atoms with Crippen molar-refractivity contribution in [1.29, 1.82) is 0 Å². The lowest BCUT2D eigenvalue weighted by Gasteiger charge is -2.37. The highest BCUT2D eigenvalue weighted by molar-refractivity contribution is 6.72. The number of nitrogens with one attached hydrogen (secondary N) is 1. The van der Waals surface area contributed by atoms with E-state index < -0.39 is 14.5 Å². The Bertz CT molecular complexity index is 1660. The number of aromatic nitrogens is 2. The molecule has 0 spiro atoms. The van der Waals surface area contributed by atoms with E-state index in [1.165, 1.54) is 0 Å². The van der Waals surface area contributed by atoms with Gasteiger partial charge in [-0.3, -0.25) is 14.7 Å². The zero-order valence-corrected chi connectivity index (χ0v) is 26.0. The van der Waals surface area contributed by atoms with Gasteiger partial charge in [0.1, 0.15) is 0 Å². The number of rotatable bonds is 8. The third kappa shape index (κ3) is 5.86. The van der Waals surface area contributed by atoms with Crippen LogP contribution in [0.1, 0.15) is 36.5 Å². The monoisotopic (exact) mass is 601 g/mol. The van der Waals surface area contributed by atoms with Crippen molar-refractivity contribution in [2.75, 3.05) is 6.61 Å². The molecule has 2 aliphatic rings. The molecule has 7 nitrogen and oxygen atoms in total. The van der Waals surface area contributed by atoms with Crippen molar-refractivity contribution in [3.8, 4) is 5.69 Å². The Morgan fingerprint density at radius 1 is 1.02 bits per heavy atom. The number of aromatic amines is 1. The quantitative estimate of drug-likeness (QED) is 0.205. The lowest BCUT2D eigenvalue weighted by molar-refractivity contribution is -0.138. The van der Waals surface area contributed by atoms with Gasteiger partial charge in [0.05, 0.1) is 47.9 Å². The maximum Gasteiger partial charge on any atom is 0.279 e. The lowest BCUT2D eigenvalue weighted by Crippen LogP contribution is -2.48. The molecule has 2 aliphatic heterocycles. The highest BCUT2D eigenvalue weighted by atomic mass is 28.4. The van der Waals surface area contributed by atoms with Crippen molar-refractivity contribution in [2.45, 2.75) is 76.0 Å². The molecule has 0 unspecified atom stereocenters. The van der Waals surface area contributed by atoms with Gasteiger partial charge in [-0.25, -0.2) is 4.68 Å². The fourth-order valence-corrected chi connectivity index (χ4v) is 9.81. The maximum atomic E-state index is 15.7. The average Bonchev–Trinajstić information content (AvgIpc) is 3.51. The van der Waals surface area contributed by atoms with Crippen LogP contribution in [-0.2, 0) is 28.9 Å². The van der Waals surface area contributed by atoms with Crippen LogP contribution >= 0.6 is 0 Å². The van der Waals surface area contributed by atoms with E-state index in [4.69, 9.17) is 4.74 Å². The molecule has 1 amide bonds. The first kappa shape index (κ1) is 29.5. The second-order valence-corrected chi connectivity index (χ2v) is 16.5. The van der Waals surface area contributed by atoms with E-state index in [2.05, 4.69) is 18.1 Å². The van der Waals surface area contributed by atoms with Crippen LogP contribution in [0.4, 0.5) is 4.11 Å². The summed E-state index contributed by atoms with van der Waals surface area (Å²) in [5.74, 6) is -0.0955. The third-order valence-electron chi connectivity index (χ3n) is 9.46. The number of amides is 1. The van der Waals surface area contributed by atoms with E-state index in [1.54, 1.807) is 22.7 Å². The minimum absolute atomic E-state index is 0.00983. The highest BCUT2D eigenvalue weighted by Gasteiger charge is 2.52. The summed E-state index contributed by atoms with van der Waals surface area (Å²) < 4.78 is 23.8. The summed E-state index contributed by atoms with van der Waals surface area (Å²) in [5, 5.41) is 13.9. The molecule has 0 aliphatic carbocycles. The first-order valence-corrected chi connectivity index (χ1v) is 18.2. The molecule has 1 aromatic heterocycles. The van der Waals surface area contributed by atoms with Gasteiger partial charge >= 0.3 is 0 Å². The highest BCUT2D eigenvalue weighted by Crippen LogP contribution is 2.47. The Morgan fingerprint density at radius 2 is 1.72 bits per heavy atom. The fourth-order valence-electron chi connectivity index (χ4n) is 7.27. The normalized spacial score (nSPS) is 23.9. The van der Waals surface area contributed by atoms with Crippen molar-refractivity contribution in [3.63, 3.8) is 0 Å². The van der Waals surface area contributed by atoms with E-state index in [-0.39, 0.29) is 48.1 Å². The number of fused-ring (bicyclic) bond motifs is 2. The predicted octanol–water partition coefficient (Wildman–Crippen LogP) is 5.54. The second-order valence-electron chi connectivity index (χ2n) is 12.7. The number of benzene rings is 3. The summed E-state index contributed by atoms with van der Waals surface area (Å²) in [7, 11) is -3.15. The van der Waals surface area contributed by atoms with Gasteiger partial charge in [-0.15, -0.1) is 0 Å². The van der Waals surface area contributed by atoms with Gasteiger partial charge in [-0.1, -0.05) is 55.5 Å². The molecule has 0 bridgehead atoms. The molecule has 0 radical (unpaired) electrons. The number of aliphatic hydroxyl groups is 1. The Kier molecular flexibility index (Phi) is 8.15. The van der Waals surface area contributed by atoms with Gasteiger partial charge in [-0.2, -0.15) is 0 Å². The predicted molar refractivity (Wildman–Crippen MR) is 169 cm³/mol. The van der Waals surface area contributed by atoms with Crippen LogP contribution in [0.5, 0.6) is 0 Å². The third-order valence-corrected chi connectivity index (χ3v) is 11.9. The standard InChI is InChI=1S/C34H40FN3O4Si/c1-22-30(17-14-23-12-15-26(16-13-23)38-34(41)28-10-6-7-11-29(28)36-38)42-31(33(22)43(2,3)35)19-32(40)37-20-25-9-5-4-8-24(25)18-27(37)21-39/h4-13,15-16,22,27,30-31,33,36,39H,14,17-21H2,1-3H3/t22-,27+,30+,31-,33+/m1/s1. The Balaban J connectivity index is 1.13. The van der Waals surface area contributed by atoms with Crippen LogP contribution in [-0.4, -0.2) is 59.0 Å². The Hall–Kier alpha value is -3.53. The number of nitrogens with zero attached hydrogens (tertiary/aromatic N) is 2. The minimum atomic E-state index is -3.15. The van der Waals surface area contributed by atoms with Crippen LogP contribution in [0.3, 0.4) is 0 Å². The van der Waals surface area contributed by atoms with Gasteiger partial charge in [0.2, 0.25) is 14.3 Å². The van der Waals surface area contributed by atoms with Crippen molar-refractivity contribution in [2.24, 2.45) is 5.92 Å². The number of hydrogen-bond acceptors (Lipinski definition) is 4. The Labute approximate surface area is 252 Å². The molecule has 2 N–H and O–H groups in total. The summed E-state index contributed by atoms with van der Waals surface area (Å²) in [6.45, 7) is 5.84. The van der Waals surface area contributed by atoms with Crippen LogP contribution in [0, 0.1) is 5.92 Å². The molecule has 3 aromatic carbocycles. The van der Waals surface area contributed by atoms with E-state index in [1.807, 2.05) is 66.7 Å². The molecule has 43 heavy (non-hydrogen) atoms. The summed E-state index contributed by atoms with van der Waals surface area (Å²) in [4.78, 5) is 28.2. The fraction of sp³-hybridized carbons (Fsp3) is 0.412. The summed E-state index contributed by atoms with van der Waals surface area (Å²) in [6, 6.07) is 23.1. The molecule has 6 rings (SSSR count). The largest absolute Gasteiger partial charge is 0.394 e. The van der Waals surface area contributed by atoms with Crippen LogP contribution < -0.4 is 5.56 Å². The SMILES string of the molecule is C[C@H]1[C@H]([Si](C)(C)F)[C@@H](CC(=O)N2Cc3ccccc3C[C@H]2CO)O[C@H]1CCc1ccc(-n2[nH]c3ccccc3c2=O)cc1. The zero-order valence-electron chi connectivity index (χ0n) is 25.0. The summed E-state index contributed by atoms with van der Waals surface area (Å²) in [6.07, 6.45) is 1.56. The molecule has 226 valence electrons. The number of para-hydroxylation sites is 1. The molecule has 9 heteroatoms. The summed E-state index contributed by atoms with van der Waals surface area (Å²) in [5.41, 5.74) is 4.55. The maximum absolute atomic E-state index is 15.7. The molecular formula is C34H40FN3O4Si. The number of aryl methyl sites for hydroxylation is 1. The van der Waals surface area contributed by atoms with Crippen molar-refractivity contribution < 1.29 is 18.7 Å². The Morgan fingerprint density at radius 3 is 2.42 bits per heavy atom. The van der Waals surface area contributed by atoms with E-state index in [9.17, 15) is 14.7 Å². The van der Waals surface area contributed by atoms with E-state index >= 15 is 4.11 Å². The zero-order chi connectivity index (χ0) is 30.3. The van der Waals surface area contributed by atoms with Crippen molar-refractivity contribution in [1.82, 2.24) is 14.7 Å². The topological polar surface area (TPSA) is 87.6 Å². The van der Waals surface area contributed by atoms with Gasteiger partial charge in [0.25, 0.3) is 5.56 Å². The van der Waals surface area contributed by atoms with Crippen LogP contribution in [0.2, 0.25) is 18.6 Å². The molecule has 1 fully saturated rings. The molecule has 3 heterocycles. The first-order chi connectivity index (χ1) is 20.6. The minimum Gasteiger partial charge on any atom is -0.394 e. The first-order valence-electron chi connectivity index (χ1n) is 15.2. The second kappa shape index (κ2) is 11.9. The van der Waals surface area contributed by atoms with Crippen LogP contribution in [0.15, 0.2) is 77.6 Å². The van der Waals surface area contributed by atoms with Crippen molar-refractivity contribution in [3.05, 3.63) is 99.8 Å². The molecule has 0 saturated carbocycles. The number of carbonyl (C=O) groups is 1. The number of aliphatic hydroxyl groups excluding tert-OH is 1.